The highest BCUT2D eigenvalue weighted by Gasteiger charge is 2.39. The van der Waals surface area contributed by atoms with Crippen LogP contribution in [0.4, 0.5) is 0 Å². The number of likely N-dealkylation sites (tertiary alicyclic amines) is 1. The summed E-state index contributed by atoms with van der Waals surface area (Å²) in [6.45, 7) is 1.11. The van der Waals surface area contributed by atoms with E-state index in [2.05, 4.69) is 28.3 Å². The Bertz CT molecular complexity index is 930. The summed E-state index contributed by atoms with van der Waals surface area (Å²) < 4.78 is 4.92. The summed E-state index contributed by atoms with van der Waals surface area (Å²) >= 11 is 0. The van der Waals surface area contributed by atoms with Gasteiger partial charge < -0.3 is 9.42 Å². The SMILES string of the molecule is N#Cc1ccc(C(=O)N2C[C@H](c3ccccc3)[C@@H](c3ncon3)C2)cc1. The molecule has 1 aromatic heterocycles. The second-order valence-electron chi connectivity index (χ2n) is 6.31. The minimum Gasteiger partial charge on any atom is -0.343 e. The lowest BCUT2D eigenvalue weighted by Crippen LogP contribution is -2.28. The number of rotatable bonds is 3. The molecule has 2 atom stereocenters. The van der Waals surface area contributed by atoms with Crippen LogP contribution >= 0.6 is 0 Å². The zero-order valence-electron chi connectivity index (χ0n) is 13.9. The van der Waals surface area contributed by atoms with Crippen LogP contribution in [0.5, 0.6) is 0 Å². The van der Waals surface area contributed by atoms with Crippen LogP contribution in [-0.2, 0) is 0 Å². The number of carbonyl (C=O) groups is 1. The van der Waals surface area contributed by atoms with Gasteiger partial charge in [0.1, 0.15) is 0 Å². The normalized spacial score (nSPS) is 19.3. The van der Waals surface area contributed by atoms with E-state index < -0.39 is 0 Å². The van der Waals surface area contributed by atoms with Gasteiger partial charge in [-0.25, -0.2) is 0 Å². The monoisotopic (exact) mass is 344 g/mol. The van der Waals surface area contributed by atoms with E-state index in [1.807, 2.05) is 23.1 Å². The Kier molecular flexibility index (Phi) is 4.20. The maximum atomic E-state index is 12.9. The van der Waals surface area contributed by atoms with E-state index in [9.17, 15) is 4.79 Å². The lowest BCUT2D eigenvalue weighted by atomic mass is 9.88. The van der Waals surface area contributed by atoms with Gasteiger partial charge in [0.25, 0.3) is 5.91 Å². The van der Waals surface area contributed by atoms with Gasteiger partial charge >= 0.3 is 0 Å². The van der Waals surface area contributed by atoms with Crippen LogP contribution in [0, 0.1) is 11.3 Å². The van der Waals surface area contributed by atoms with Crippen LogP contribution in [0.2, 0.25) is 0 Å². The molecule has 0 bridgehead atoms. The molecule has 1 amide bonds. The number of hydrogen-bond acceptors (Lipinski definition) is 5. The fourth-order valence-corrected chi connectivity index (χ4v) is 3.48. The number of benzene rings is 2. The smallest absolute Gasteiger partial charge is 0.253 e. The zero-order chi connectivity index (χ0) is 17.9. The summed E-state index contributed by atoms with van der Waals surface area (Å²) in [5.41, 5.74) is 2.26. The Morgan fingerprint density at radius 3 is 2.46 bits per heavy atom. The minimum absolute atomic E-state index is 0.0153. The third-order valence-electron chi connectivity index (χ3n) is 4.81. The summed E-state index contributed by atoms with van der Waals surface area (Å²) in [7, 11) is 0. The second-order valence-corrected chi connectivity index (χ2v) is 6.31. The molecule has 0 N–H and O–H groups in total. The Labute approximate surface area is 150 Å². The summed E-state index contributed by atoms with van der Waals surface area (Å²) in [5, 5.41) is 12.9. The highest BCUT2D eigenvalue weighted by atomic mass is 16.5. The first-order valence-electron chi connectivity index (χ1n) is 8.37. The first-order valence-corrected chi connectivity index (χ1v) is 8.37. The molecule has 2 heterocycles. The molecule has 0 spiro atoms. The first-order chi connectivity index (χ1) is 12.8. The predicted molar refractivity (Wildman–Crippen MR) is 93.3 cm³/mol. The van der Waals surface area contributed by atoms with Crippen molar-refractivity contribution in [3.05, 3.63) is 83.5 Å². The topological polar surface area (TPSA) is 83.0 Å². The molecule has 1 aliphatic heterocycles. The van der Waals surface area contributed by atoms with Crippen molar-refractivity contribution in [3.63, 3.8) is 0 Å². The number of nitriles is 1. The van der Waals surface area contributed by atoms with Crippen LogP contribution in [0.1, 0.15) is 39.1 Å². The second kappa shape index (κ2) is 6.81. The summed E-state index contributed by atoms with van der Waals surface area (Å²) in [6, 6.07) is 18.9. The summed E-state index contributed by atoms with van der Waals surface area (Å²) in [5.74, 6) is 0.657. The fraction of sp³-hybridized carbons (Fsp3) is 0.200. The van der Waals surface area contributed by atoms with Crippen LogP contribution in [0.3, 0.4) is 0 Å². The molecule has 6 heteroatoms. The molecule has 1 saturated heterocycles. The van der Waals surface area contributed by atoms with Crippen LogP contribution in [-0.4, -0.2) is 34.0 Å². The van der Waals surface area contributed by atoms with E-state index in [0.717, 1.165) is 5.56 Å². The van der Waals surface area contributed by atoms with Crippen molar-refractivity contribution < 1.29 is 9.32 Å². The third kappa shape index (κ3) is 2.95. The van der Waals surface area contributed by atoms with Gasteiger partial charge in [-0.05, 0) is 29.8 Å². The van der Waals surface area contributed by atoms with Gasteiger partial charge in [-0.2, -0.15) is 10.2 Å². The quantitative estimate of drug-likeness (QED) is 0.729. The Hall–Kier alpha value is -3.46. The number of carbonyl (C=O) groups excluding carboxylic acids is 1. The largest absolute Gasteiger partial charge is 0.343 e. The van der Waals surface area contributed by atoms with E-state index >= 15 is 0 Å². The highest BCUT2D eigenvalue weighted by Crippen LogP contribution is 2.38. The molecule has 128 valence electrons. The van der Waals surface area contributed by atoms with Gasteiger partial charge in [0.2, 0.25) is 6.39 Å². The Morgan fingerprint density at radius 2 is 1.81 bits per heavy atom. The van der Waals surface area contributed by atoms with Crippen LogP contribution < -0.4 is 0 Å². The number of aromatic nitrogens is 2. The predicted octanol–water partition coefficient (Wildman–Crippen LogP) is 2.96. The van der Waals surface area contributed by atoms with Crippen LogP contribution in [0.25, 0.3) is 0 Å². The number of amides is 1. The Balaban J connectivity index is 1.62. The molecular formula is C20H16N4O2. The molecule has 0 saturated carbocycles. The third-order valence-corrected chi connectivity index (χ3v) is 4.81. The van der Waals surface area contributed by atoms with E-state index in [0.29, 0.717) is 30.0 Å². The van der Waals surface area contributed by atoms with Crippen molar-refractivity contribution >= 4 is 5.91 Å². The first kappa shape index (κ1) is 16.0. The molecule has 1 fully saturated rings. The molecule has 0 radical (unpaired) electrons. The molecule has 4 rings (SSSR count). The van der Waals surface area contributed by atoms with Gasteiger partial charge in [-0.1, -0.05) is 35.5 Å². The van der Waals surface area contributed by atoms with Crippen molar-refractivity contribution in [1.29, 1.82) is 5.26 Å². The average Bonchev–Trinajstić information content (AvgIpc) is 3.38. The Morgan fingerprint density at radius 1 is 1.08 bits per heavy atom. The average molecular weight is 344 g/mol. The van der Waals surface area contributed by atoms with Crippen molar-refractivity contribution in [2.75, 3.05) is 13.1 Å². The van der Waals surface area contributed by atoms with Gasteiger partial charge in [0.05, 0.1) is 11.6 Å². The van der Waals surface area contributed by atoms with Gasteiger partial charge in [0.15, 0.2) is 5.82 Å². The standard InChI is InChI=1S/C20H16N4O2/c21-10-14-6-8-16(9-7-14)20(25)24-11-17(15-4-2-1-3-5-15)18(12-24)19-22-13-26-23-19/h1-9,13,17-18H,11-12H2/t17-,18+/m1/s1. The van der Waals surface area contributed by atoms with E-state index in [1.165, 1.54) is 6.39 Å². The van der Waals surface area contributed by atoms with Gasteiger partial charge in [-0.15, -0.1) is 0 Å². The molecule has 3 aromatic rings. The number of nitrogens with zero attached hydrogens (tertiary/aromatic N) is 4. The van der Waals surface area contributed by atoms with Crippen molar-refractivity contribution in [2.24, 2.45) is 0 Å². The fourth-order valence-electron chi connectivity index (χ4n) is 3.48. The van der Waals surface area contributed by atoms with Crippen molar-refractivity contribution in [1.82, 2.24) is 15.0 Å². The van der Waals surface area contributed by atoms with E-state index in [1.54, 1.807) is 24.3 Å². The lowest BCUT2D eigenvalue weighted by Gasteiger charge is -2.16. The van der Waals surface area contributed by atoms with E-state index in [-0.39, 0.29) is 17.7 Å². The highest BCUT2D eigenvalue weighted by molar-refractivity contribution is 5.94. The van der Waals surface area contributed by atoms with Crippen molar-refractivity contribution in [3.8, 4) is 6.07 Å². The summed E-state index contributed by atoms with van der Waals surface area (Å²) in [6.07, 6.45) is 1.32. The molecule has 0 unspecified atom stereocenters. The number of hydrogen-bond donors (Lipinski definition) is 0. The van der Waals surface area contributed by atoms with Gasteiger partial charge in [-0.3, -0.25) is 4.79 Å². The molecule has 2 aromatic carbocycles. The summed E-state index contributed by atoms with van der Waals surface area (Å²) in [4.78, 5) is 18.9. The molecular weight excluding hydrogens is 328 g/mol. The maximum Gasteiger partial charge on any atom is 0.253 e. The zero-order valence-corrected chi connectivity index (χ0v) is 13.9. The van der Waals surface area contributed by atoms with E-state index in [4.69, 9.17) is 9.78 Å². The maximum absolute atomic E-state index is 12.9. The van der Waals surface area contributed by atoms with Crippen molar-refractivity contribution in [2.45, 2.75) is 11.8 Å². The van der Waals surface area contributed by atoms with Gasteiger partial charge in [0, 0.05) is 30.5 Å². The lowest BCUT2D eigenvalue weighted by molar-refractivity contribution is 0.0789. The molecule has 0 aliphatic carbocycles. The molecule has 6 nitrogen and oxygen atoms in total. The molecule has 26 heavy (non-hydrogen) atoms. The van der Waals surface area contributed by atoms with Crippen LogP contribution in [0.15, 0.2) is 65.5 Å². The minimum atomic E-state index is -0.0542. The molecule has 1 aliphatic rings.